The Hall–Kier alpha value is -0.510. The molecule has 3 heteroatoms. The molecule has 0 heterocycles. The summed E-state index contributed by atoms with van der Waals surface area (Å²) in [5.41, 5.74) is 6.52. The van der Waals surface area contributed by atoms with Gasteiger partial charge in [-0.2, -0.15) is 13.5 Å². The molecule has 62 valence electrons. The van der Waals surface area contributed by atoms with Gasteiger partial charge < -0.3 is 10.8 Å². The number of rotatable bonds is 2. The van der Waals surface area contributed by atoms with Crippen LogP contribution in [0.3, 0.4) is 0 Å². The van der Waals surface area contributed by atoms with Crippen LogP contribution in [0.15, 0.2) is 30.3 Å². The first-order valence-corrected chi connectivity index (χ1v) is 3.26. The van der Waals surface area contributed by atoms with Crippen LogP contribution in [-0.4, -0.2) is 11.7 Å². The molecule has 0 aliphatic heterocycles. The maximum absolute atomic E-state index is 8.66. The van der Waals surface area contributed by atoms with Gasteiger partial charge in [0, 0.05) is 0 Å². The van der Waals surface area contributed by atoms with Gasteiger partial charge in [-0.05, 0) is 5.56 Å². The highest BCUT2D eigenvalue weighted by molar-refractivity contribution is 7.59. The smallest absolute Gasteiger partial charge is 0.0624 e. The maximum Gasteiger partial charge on any atom is 0.0624 e. The molecule has 0 aliphatic rings. The fourth-order valence-corrected chi connectivity index (χ4v) is 0.806. The Balaban J connectivity index is 0.000001000. The highest BCUT2D eigenvalue weighted by Gasteiger charge is 2.00. The van der Waals surface area contributed by atoms with E-state index in [4.69, 9.17) is 10.8 Å². The summed E-state index contributed by atoms with van der Waals surface area (Å²) in [5, 5.41) is 8.66. The zero-order valence-corrected chi connectivity index (χ0v) is 7.20. The fraction of sp³-hybridized carbons (Fsp3) is 0.250. The average Bonchev–Trinajstić information content (AvgIpc) is 2.05. The molecule has 0 amide bonds. The van der Waals surface area contributed by atoms with Gasteiger partial charge >= 0.3 is 0 Å². The van der Waals surface area contributed by atoms with Crippen LogP contribution in [0.4, 0.5) is 0 Å². The van der Waals surface area contributed by atoms with Gasteiger partial charge in [-0.25, -0.2) is 0 Å². The van der Waals surface area contributed by atoms with E-state index in [2.05, 4.69) is 0 Å². The second-order valence-corrected chi connectivity index (χ2v) is 2.20. The van der Waals surface area contributed by atoms with Crippen molar-refractivity contribution in [3.05, 3.63) is 35.9 Å². The Kier molecular flexibility index (Phi) is 4.94. The third-order valence-corrected chi connectivity index (χ3v) is 1.42. The minimum absolute atomic E-state index is 0. The van der Waals surface area contributed by atoms with Crippen molar-refractivity contribution < 1.29 is 5.11 Å². The van der Waals surface area contributed by atoms with Crippen LogP contribution in [-0.2, 0) is 0 Å². The SMILES string of the molecule is NC(CO)c1ccccc1.S. The van der Waals surface area contributed by atoms with Crippen molar-refractivity contribution >= 4 is 13.5 Å². The van der Waals surface area contributed by atoms with Gasteiger partial charge in [0.15, 0.2) is 0 Å². The molecule has 0 aromatic heterocycles. The molecule has 0 saturated heterocycles. The van der Waals surface area contributed by atoms with Gasteiger partial charge in [0.2, 0.25) is 0 Å². The third kappa shape index (κ3) is 2.93. The van der Waals surface area contributed by atoms with Crippen LogP contribution in [0, 0.1) is 0 Å². The quantitative estimate of drug-likeness (QED) is 0.691. The molecule has 0 bridgehead atoms. The van der Waals surface area contributed by atoms with E-state index >= 15 is 0 Å². The van der Waals surface area contributed by atoms with Gasteiger partial charge in [-0.3, -0.25) is 0 Å². The first-order valence-electron chi connectivity index (χ1n) is 3.26. The lowest BCUT2D eigenvalue weighted by molar-refractivity contribution is 0.268. The molecule has 0 radical (unpaired) electrons. The summed E-state index contributed by atoms with van der Waals surface area (Å²) < 4.78 is 0. The number of nitrogens with two attached hydrogens (primary N) is 1. The van der Waals surface area contributed by atoms with Gasteiger partial charge in [0.1, 0.15) is 0 Å². The summed E-state index contributed by atoms with van der Waals surface area (Å²) >= 11 is 0. The molecule has 1 rings (SSSR count). The Morgan fingerprint density at radius 2 is 1.82 bits per heavy atom. The standard InChI is InChI=1S/C8H11NO.H2S/c9-8(6-10)7-4-2-1-3-5-7;/h1-5,8,10H,6,9H2;1H2. The van der Waals surface area contributed by atoms with Gasteiger partial charge in [-0.15, -0.1) is 0 Å². The zero-order valence-electron chi connectivity index (χ0n) is 6.20. The van der Waals surface area contributed by atoms with Crippen molar-refractivity contribution in [3.8, 4) is 0 Å². The Morgan fingerprint density at radius 3 is 2.27 bits per heavy atom. The van der Waals surface area contributed by atoms with Gasteiger partial charge in [0.25, 0.3) is 0 Å². The van der Waals surface area contributed by atoms with Crippen LogP contribution in [0.2, 0.25) is 0 Å². The number of aliphatic hydroxyl groups is 1. The molecule has 0 fully saturated rings. The van der Waals surface area contributed by atoms with E-state index in [1.54, 1.807) is 0 Å². The van der Waals surface area contributed by atoms with Gasteiger partial charge in [-0.1, -0.05) is 30.3 Å². The fourth-order valence-electron chi connectivity index (χ4n) is 0.806. The van der Waals surface area contributed by atoms with Crippen molar-refractivity contribution in [2.24, 2.45) is 5.73 Å². The van der Waals surface area contributed by atoms with Crippen LogP contribution >= 0.6 is 13.5 Å². The molecule has 2 nitrogen and oxygen atoms in total. The van der Waals surface area contributed by atoms with Crippen LogP contribution in [0.1, 0.15) is 11.6 Å². The zero-order chi connectivity index (χ0) is 7.40. The minimum Gasteiger partial charge on any atom is -0.394 e. The molecule has 0 aliphatic carbocycles. The second kappa shape index (κ2) is 5.18. The predicted octanol–water partition coefficient (Wildman–Crippen LogP) is 0.791. The Bertz CT molecular complexity index is 191. The predicted molar refractivity (Wildman–Crippen MR) is 50.8 cm³/mol. The molecule has 1 unspecified atom stereocenters. The Labute approximate surface area is 73.5 Å². The van der Waals surface area contributed by atoms with Crippen LogP contribution in [0.25, 0.3) is 0 Å². The van der Waals surface area contributed by atoms with Crippen molar-refractivity contribution in [2.45, 2.75) is 6.04 Å². The van der Waals surface area contributed by atoms with Crippen molar-refractivity contribution in [1.82, 2.24) is 0 Å². The van der Waals surface area contributed by atoms with E-state index in [1.165, 1.54) is 0 Å². The summed E-state index contributed by atoms with van der Waals surface area (Å²) in [7, 11) is 0. The molecule has 1 aromatic rings. The summed E-state index contributed by atoms with van der Waals surface area (Å²) in [6.45, 7) is 0.00398. The molecular weight excluding hydrogens is 158 g/mol. The molecular formula is C8H13NOS. The van der Waals surface area contributed by atoms with E-state index in [0.29, 0.717) is 0 Å². The molecule has 0 spiro atoms. The molecule has 3 N–H and O–H groups in total. The lowest BCUT2D eigenvalue weighted by Crippen LogP contribution is -2.13. The van der Waals surface area contributed by atoms with Crippen LogP contribution < -0.4 is 5.73 Å². The minimum atomic E-state index is -0.235. The van der Waals surface area contributed by atoms with Crippen molar-refractivity contribution in [2.75, 3.05) is 6.61 Å². The summed E-state index contributed by atoms with van der Waals surface area (Å²) in [5.74, 6) is 0. The van der Waals surface area contributed by atoms with E-state index < -0.39 is 0 Å². The third-order valence-electron chi connectivity index (χ3n) is 1.42. The first kappa shape index (κ1) is 10.5. The van der Waals surface area contributed by atoms with Crippen LogP contribution in [0.5, 0.6) is 0 Å². The number of hydrogen-bond acceptors (Lipinski definition) is 2. The lowest BCUT2D eigenvalue weighted by atomic mass is 10.1. The number of hydrogen-bond donors (Lipinski definition) is 2. The molecule has 1 atom stereocenters. The van der Waals surface area contributed by atoms with E-state index in [-0.39, 0.29) is 26.1 Å². The van der Waals surface area contributed by atoms with Gasteiger partial charge in [0.05, 0.1) is 12.6 Å². The van der Waals surface area contributed by atoms with Crippen molar-refractivity contribution in [1.29, 1.82) is 0 Å². The van der Waals surface area contributed by atoms with E-state index in [1.807, 2.05) is 30.3 Å². The maximum atomic E-state index is 8.66. The monoisotopic (exact) mass is 171 g/mol. The summed E-state index contributed by atoms with van der Waals surface area (Å²) in [6.07, 6.45) is 0. The molecule has 0 saturated carbocycles. The Morgan fingerprint density at radius 1 is 1.27 bits per heavy atom. The molecule has 1 aromatic carbocycles. The first-order chi connectivity index (χ1) is 4.84. The number of benzene rings is 1. The normalized spacial score (nSPS) is 11.8. The molecule has 11 heavy (non-hydrogen) atoms. The largest absolute Gasteiger partial charge is 0.394 e. The summed E-state index contributed by atoms with van der Waals surface area (Å²) in [4.78, 5) is 0. The highest BCUT2D eigenvalue weighted by atomic mass is 32.1. The summed E-state index contributed by atoms with van der Waals surface area (Å²) in [6, 6.07) is 9.31. The average molecular weight is 171 g/mol. The van der Waals surface area contributed by atoms with E-state index in [9.17, 15) is 0 Å². The second-order valence-electron chi connectivity index (χ2n) is 2.20. The lowest BCUT2D eigenvalue weighted by Gasteiger charge is -2.06. The van der Waals surface area contributed by atoms with E-state index in [0.717, 1.165) is 5.56 Å². The number of aliphatic hydroxyl groups excluding tert-OH is 1. The topological polar surface area (TPSA) is 46.2 Å². The van der Waals surface area contributed by atoms with Crippen molar-refractivity contribution in [3.63, 3.8) is 0 Å². The highest BCUT2D eigenvalue weighted by Crippen LogP contribution is 2.06.